The molecular weight excluding hydrogens is 394 g/mol. The third-order valence-corrected chi connectivity index (χ3v) is 5.22. The van der Waals surface area contributed by atoms with E-state index in [2.05, 4.69) is 15.3 Å². The van der Waals surface area contributed by atoms with E-state index in [1.807, 2.05) is 25.2 Å². The van der Waals surface area contributed by atoms with Crippen LogP contribution < -0.4 is 5.32 Å². The molecule has 1 aromatic carbocycles. The summed E-state index contributed by atoms with van der Waals surface area (Å²) < 4.78 is 6.63. The van der Waals surface area contributed by atoms with Crippen LogP contribution in [0.25, 0.3) is 5.69 Å². The van der Waals surface area contributed by atoms with Gasteiger partial charge in [0.05, 0.1) is 23.4 Å². The Morgan fingerprint density at radius 3 is 2.90 bits per heavy atom. The maximum absolute atomic E-state index is 12.6. The van der Waals surface area contributed by atoms with Gasteiger partial charge < -0.3 is 19.9 Å². The van der Waals surface area contributed by atoms with Crippen molar-refractivity contribution in [2.24, 2.45) is 0 Å². The Bertz CT molecular complexity index is 856. The number of nitrogens with one attached hydrogen (secondary N) is 1. The number of halogens is 1. The number of likely N-dealkylation sites (N-methyl/N-ethyl adjacent to an activating group) is 1. The standard InChI is InChI=1S/C20H26ClN5O3/c1-24(11-12-29-2)9-10-25-14-15(13-19(25)27)22-20(28)17-7-8-26(23-17)18-6-4-3-5-16(18)21/h3-8,15H,9-14H2,1-2H3,(H,22,28). The van der Waals surface area contributed by atoms with Crippen LogP contribution in [0.1, 0.15) is 16.9 Å². The van der Waals surface area contributed by atoms with Gasteiger partial charge in [-0.3, -0.25) is 9.59 Å². The number of likely N-dealkylation sites (tertiary alicyclic amines) is 1. The van der Waals surface area contributed by atoms with Crippen LogP contribution in [0, 0.1) is 0 Å². The highest BCUT2D eigenvalue weighted by Gasteiger charge is 2.31. The van der Waals surface area contributed by atoms with Gasteiger partial charge in [-0.2, -0.15) is 5.10 Å². The molecule has 156 valence electrons. The van der Waals surface area contributed by atoms with Crippen molar-refractivity contribution in [1.29, 1.82) is 0 Å². The van der Waals surface area contributed by atoms with Crippen molar-refractivity contribution in [3.05, 3.63) is 47.2 Å². The van der Waals surface area contributed by atoms with Crippen LogP contribution >= 0.6 is 11.6 Å². The predicted octanol–water partition coefficient (Wildman–Crippen LogP) is 1.43. The molecule has 1 atom stereocenters. The molecule has 1 fully saturated rings. The van der Waals surface area contributed by atoms with E-state index in [0.717, 1.165) is 13.1 Å². The summed E-state index contributed by atoms with van der Waals surface area (Å²) in [6, 6.07) is 8.70. The number of hydrogen-bond acceptors (Lipinski definition) is 5. The zero-order valence-electron chi connectivity index (χ0n) is 16.7. The molecule has 2 aromatic rings. The first-order valence-corrected chi connectivity index (χ1v) is 9.92. The van der Waals surface area contributed by atoms with Gasteiger partial charge in [0, 0.05) is 45.9 Å². The van der Waals surface area contributed by atoms with Crippen LogP contribution in [-0.2, 0) is 9.53 Å². The third kappa shape index (κ3) is 5.56. The van der Waals surface area contributed by atoms with Gasteiger partial charge in [-0.15, -0.1) is 0 Å². The number of amides is 2. The largest absolute Gasteiger partial charge is 0.383 e. The molecule has 1 N–H and O–H groups in total. The van der Waals surface area contributed by atoms with Crippen molar-refractivity contribution in [1.82, 2.24) is 24.9 Å². The summed E-state index contributed by atoms with van der Waals surface area (Å²) in [7, 11) is 3.66. The van der Waals surface area contributed by atoms with Crippen LogP contribution in [-0.4, -0.2) is 84.4 Å². The van der Waals surface area contributed by atoms with Crippen LogP contribution in [0.4, 0.5) is 0 Å². The highest BCUT2D eigenvalue weighted by molar-refractivity contribution is 6.32. The van der Waals surface area contributed by atoms with Gasteiger partial charge in [0.15, 0.2) is 5.69 Å². The number of ether oxygens (including phenoxy) is 1. The Labute approximate surface area is 175 Å². The molecule has 2 heterocycles. The molecule has 3 rings (SSSR count). The SMILES string of the molecule is COCCN(C)CCN1CC(NC(=O)c2ccn(-c3ccccc3Cl)n2)CC1=O. The molecular formula is C20H26ClN5O3. The average Bonchev–Trinajstić information content (AvgIpc) is 3.32. The maximum atomic E-state index is 12.6. The fourth-order valence-corrected chi connectivity index (χ4v) is 3.43. The Morgan fingerprint density at radius 1 is 1.34 bits per heavy atom. The summed E-state index contributed by atoms with van der Waals surface area (Å²) in [6.45, 7) is 3.37. The molecule has 1 saturated heterocycles. The van der Waals surface area contributed by atoms with Gasteiger partial charge in [0.25, 0.3) is 5.91 Å². The first-order valence-electron chi connectivity index (χ1n) is 9.54. The molecule has 1 aromatic heterocycles. The van der Waals surface area contributed by atoms with Crippen molar-refractivity contribution in [2.45, 2.75) is 12.5 Å². The Hall–Kier alpha value is -2.42. The van der Waals surface area contributed by atoms with E-state index in [9.17, 15) is 9.59 Å². The summed E-state index contributed by atoms with van der Waals surface area (Å²) in [6.07, 6.45) is 2.00. The van der Waals surface area contributed by atoms with Gasteiger partial charge in [0.1, 0.15) is 0 Å². The molecule has 1 unspecified atom stereocenters. The maximum Gasteiger partial charge on any atom is 0.272 e. The summed E-state index contributed by atoms with van der Waals surface area (Å²) in [4.78, 5) is 28.7. The Kier molecular flexibility index (Phi) is 7.24. The molecule has 1 aliphatic heterocycles. The van der Waals surface area contributed by atoms with E-state index in [1.54, 1.807) is 35.0 Å². The van der Waals surface area contributed by atoms with E-state index in [4.69, 9.17) is 16.3 Å². The van der Waals surface area contributed by atoms with Crippen LogP contribution in [0.15, 0.2) is 36.5 Å². The minimum atomic E-state index is -0.298. The van der Waals surface area contributed by atoms with Crippen molar-refractivity contribution in [3.63, 3.8) is 0 Å². The fourth-order valence-electron chi connectivity index (χ4n) is 3.21. The molecule has 1 aliphatic rings. The van der Waals surface area contributed by atoms with E-state index in [0.29, 0.717) is 36.8 Å². The van der Waals surface area contributed by atoms with Gasteiger partial charge in [-0.25, -0.2) is 4.68 Å². The summed E-state index contributed by atoms with van der Waals surface area (Å²) >= 11 is 6.18. The minimum absolute atomic E-state index is 0.0528. The lowest BCUT2D eigenvalue weighted by atomic mass is 10.2. The summed E-state index contributed by atoms with van der Waals surface area (Å²) in [5.41, 5.74) is 0.989. The van der Waals surface area contributed by atoms with Gasteiger partial charge in [-0.1, -0.05) is 23.7 Å². The Balaban J connectivity index is 1.53. The first kappa shape index (κ1) is 21.3. The first-order chi connectivity index (χ1) is 14.0. The molecule has 29 heavy (non-hydrogen) atoms. The van der Waals surface area contributed by atoms with Gasteiger partial charge >= 0.3 is 0 Å². The van der Waals surface area contributed by atoms with Crippen LogP contribution in [0.2, 0.25) is 5.02 Å². The molecule has 0 radical (unpaired) electrons. The second-order valence-corrected chi connectivity index (χ2v) is 7.51. The molecule has 9 heteroatoms. The average molecular weight is 420 g/mol. The topological polar surface area (TPSA) is 79.7 Å². The number of carbonyl (C=O) groups excluding carboxylic acids is 2. The molecule has 8 nitrogen and oxygen atoms in total. The number of methoxy groups -OCH3 is 1. The van der Waals surface area contributed by atoms with E-state index in [1.165, 1.54) is 0 Å². The van der Waals surface area contributed by atoms with Crippen molar-refractivity contribution >= 4 is 23.4 Å². The predicted molar refractivity (Wildman–Crippen MR) is 110 cm³/mol. The number of benzene rings is 1. The lowest BCUT2D eigenvalue weighted by Gasteiger charge is -2.21. The quantitative estimate of drug-likeness (QED) is 0.665. The second kappa shape index (κ2) is 9.87. The van der Waals surface area contributed by atoms with Gasteiger partial charge in [0.2, 0.25) is 5.91 Å². The zero-order valence-corrected chi connectivity index (χ0v) is 17.4. The zero-order chi connectivity index (χ0) is 20.8. The third-order valence-electron chi connectivity index (χ3n) is 4.90. The second-order valence-electron chi connectivity index (χ2n) is 7.11. The highest BCUT2D eigenvalue weighted by Crippen LogP contribution is 2.19. The summed E-state index contributed by atoms with van der Waals surface area (Å²) in [5, 5.41) is 7.78. The number of nitrogens with zero attached hydrogens (tertiary/aromatic N) is 4. The monoisotopic (exact) mass is 419 g/mol. The molecule has 0 aliphatic carbocycles. The van der Waals surface area contributed by atoms with Crippen molar-refractivity contribution in [3.8, 4) is 5.69 Å². The smallest absolute Gasteiger partial charge is 0.272 e. The van der Waals surface area contributed by atoms with Crippen molar-refractivity contribution in [2.75, 3.05) is 46.9 Å². The summed E-state index contributed by atoms with van der Waals surface area (Å²) in [5.74, 6) is -0.246. The number of rotatable bonds is 9. The van der Waals surface area contributed by atoms with Crippen molar-refractivity contribution < 1.29 is 14.3 Å². The minimum Gasteiger partial charge on any atom is -0.383 e. The lowest BCUT2D eigenvalue weighted by Crippen LogP contribution is -2.39. The van der Waals surface area contributed by atoms with Gasteiger partial charge in [-0.05, 0) is 25.2 Å². The highest BCUT2D eigenvalue weighted by atomic mass is 35.5. The van der Waals surface area contributed by atoms with E-state index in [-0.39, 0.29) is 23.6 Å². The number of para-hydroxylation sites is 1. The fraction of sp³-hybridized carbons (Fsp3) is 0.450. The number of carbonyl (C=O) groups is 2. The molecule has 2 amide bonds. The Morgan fingerprint density at radius 2 is 2.14 bits per heavy atom. The normalized spacial score (nSPS) is 16.6. The molecule has 0 spiro atoms. The van der Waals surface area contributed by atoms with Crippen LogP contribution in [0.5, 0.6) is 0 Å². The number of aromatic nitrogens is 2. The van der Waals surface area contributed by atoms with E-state index >= 15 is 0 Å². The van der Waals surface area contributed by atoms with E-state index < -0.39 is 0 Å². The van der Waals surface area contributed by atoms with Crippen LogP contribution in [0.3, 0.4) is 0 Å². The number of hydrogen-bond donors (Lipinski definition) is 1. The molecule has 0 bridgehead atoms. The molecule has 0 saturated carbocycles. The lowest BCUT2D eigenvalue weighted by molar-refractivity contribution is -0.127.